The van der Waals surface area contributed by atoms with Gasteiger partial charge < -0.3 is 14.8 Å². The van der Waals surface area contributed by atoms with Crippen molar-refractivity contribution in [2.45, 2.75) is 33.2 Å². The highest BCUT2D eigenvalue weighted by Gasteiger charge is 2.12. The molecule has 27 heavy (non-hydrogen) atoms. The number of hydrogen-bond donors (Lipinski definition) is 1. The zero-order valence-electron chi connectivity index (χ0n) is 16.9. The van der Waals surface area contributed by atoms with Gasteiger partial charge in [-0.15, -0.1) is 0 Å². The van der Waals surface area contributed by atoms with E-state index in [0.29, 0.717) is 31.4 Å². The lowest BCUT2D eigenvalue weighted by atomic mass is 10.0. The van der Waals surface area contributed by atoms with Gasteiger partial charge in [0.1, 0.15) is 0 Å². The number of methoxy groups -OCH3 is 1. The van der Waals surface area contributed by atoms with Crippen LogP contribution in [-0.4, -0.2) is 38.1 Å². The number of rotatable bonds is 9. The van der Waals surface area contributed by atoms with E-state index in [1.165, 1.54) is 0 Å². The van der Waals surface area contributed by atoms with Crippen molar-refractivity contribution in [1.29, 1.82) is 0 Å². The summed E-state index contributed by atoms with van der Waals surface area (Å²) in [5.74, 6) is 1.77. The van der Waals surface area contributed by atoms with E-state index in [4.69, 9.17) is 9.47 Å². The number of para-hydroxylation sites is 1. The first-order valence-corrected chi connectivity index (χ1v) is 9.31. The number of amides is 1. The summed E-state index contributed by atoms with van der Waals surface area (Å²) in [6.45, 7) is 7.72. The van der Waals surface area contributed by atoms with Gasteiger partial charge in [-0.2, -0.15) is 0 Å². The van der Waals surface area contributed by atoms with Crippen molar-refractivity contribution in [3.05, 3.63) is 53.6 Å². The minimum Gasteiger partial charge on any atom is -0.493 e. The van der Waals surface area contributed by atoms with Crippen LogP contribution in [0, 0.1) is 0 Å². The van der Waals surface area contributed by atoms with Gasteiger partial charge in [0, 0.05) is 12.2 Å². The second-order valence-electron chi connectivity index (χ2n) is 6.88. The summed E-state index contributed by atoms with van der Waals surface area (Å²) in [5.41, 5.74) is 3.09. The standard InChI is InChI=1S/C22H30N2O3/c1-6-27-20-12-11-17(13-21(20)26-5)14-24(4)15-22(25)23-19-10-8-7-9-18(19)16(2)3/h7-13,16H,6,14-15H2,1-5H3,(H,23,25). The van der Waals surface area contributed by atoms with Crippen molar-refractivity contribution < 1.29 is 14.3 Å². The fourth-order valence-corrected chi connectivity index (χ4v) is 3.00. The maximum Gasteiger partial charge on any atom is 0.238 e. The molecule has 0 aliphatic heterocycles. The number of benzene rings is 2. The van der Waals surface area contributed by atoms with Crippen LogP contribution in [0.5, 0.6) is 11.5 Å². The molecule has 1 N–H and O–H groups in total. The average Bonchev–Trinajstić information content (AvgIpc) is 2.63. The SMILES string of the molecule is CCOc1ccc(CN(C)CC(=O)Nc2ccccc2C(C)C)cc1OC. The molecule has 5 nitrogen and oxygen atoms in total. The number of likely N-dealkylation sites (N-methyl/N-ethyl adjacent to an activating group) is 1. The first-order valence-electron chi connectivity index (χ1n) is 9.31. The molecule has 0 bridgehead atoms. The minimum absolute atomic E-state index is 0.0245. The van der Waals surface area contributed by atoms with Crippen LogP contribution >= 0.6 is 0 Å². The van der Waals surface area contributed by atoms with Gasteiger partial charge in [0.05, 0.1) is 20.3 Å². The van der Waals surface area contributed by atoms with Gasteiger partial charge in [0.15, 0.2) is 11.5 Å². The van der Waals surface area contributed by atoms with Crippen LogP contribution in [0.1, 0.15) is 37.8 Å². The Morgan fingerprint density at radius 2 is 1.89 bits per heavy atom. The largest absolute Gasteiger partial charge is 0.493 e. The normalized spacial score (nSPS) is 10.9. The van der Waals surface area contributed by atoms with Crippen LogP contribution < -0.4 is 14.8 Å². The summed E-state index contributed by atoms with van der Waals surface area (Å²) in [5, 5.41) is 3.03. The van der Waals surface area contributed by atoms with Crippen LogP contribution in [0.3, 0.4) is 0 Å². The van der Waals surface area contributed by atoms with Crippen LogP contribution in [0.25, 0.3) is 0 Å². The van der Waals surface area contributed by atoms with Gasteiger partial charge in [-0.3, -0.25) is 9.69 Å². The Kier molecular flexibility index (Phi) is 7.67. The van der Waals surface area contributed by atoms with Crippen molar-refractivity contribution >= 4 is 11.6 Å². The fraction of sp³-hybridized carbons (Fsp3) is 0.409. The molecular weight excluding hydrogens is 340 g/mol. The third-order valence-corrected chi connectivity index (χ3v) is 4.25. The van der Waals surface area contributed by atoms with Crippen LogP contribution in [0.2, 0.25) is 0 Å². The van der Waals surface area contributed by atoms with E-state index in [0.717, 1.165) is 22.6 Å². The summed E-state index contributed by atoms with van der Waals surface area (Å²) in [4.78, 5) is 14.4. The number of nitrogens with one attached hydrogen (secondary N) is 1. The van der Waals surface area contributed by atoms with E-state index in [2.05, 4.69) is 25.2 Å². The van der Waals surface area contributed by atoms with Crippen molar-refractivity contribution in [3.8, 4) is 11.5 Å². The van der Waals surface area contributed by atoms with Crippen molar-refractivity contribution in [3.63, 3.8) is 0 Å². The van der Waals surface area contributed by atoms with E-state index in [-0.39, 0.29) is 5.91 Å². The molecule has 1 amide bonds. The molecule has 0 aliphatic rings. The van der Waals surface area contributed by atoms with Crippen LogP contribution in [-0.2, 0) is 11.3 Å². The van der Waals surface area contributed by atoms with Crippen LogP contribution in [0.15, 0.2) is 42.5 Å². The van der Waals surface area contributed by atoms with Gasteiger partial charge in [-0.1, -0.05) is 38.1 Å². The topological polar surface area (TPSA) is 50.8 Å². The molecule has 0 atom stereocenters. The number of ether oxygens (including phenoxy) is 2. The minimum atomic E-state index is -0.0245. The second-order valence-corrected chi connectivity index (χ2v) is 6.88. The van der Waals surface area contributed by atoms with Gasteiger partial charge in [-0.25, -0.2) is 0 Å². The molecule has 146 valence electrons. The predicted molar refractivity (Wildman–Crippen MR) is 110 cm³/mol. The number of anilines is 1. The highest BCUT2D eigenvalue weighted by Crippen LogP contribution is 2.28. The summed E-state index contributed by atoms with van der Waals surface area (Å²) >= 11 is 0. The van der Waals surface area contributed by atoms with Crippen molar-refractivity contribution in [2.24, 2.45) is 0 Å². The summed E-state index contributed by atoms with van der Waals surface area (Å²) < 4.78 is 10.9. The first kappa shape index (κ1) is 20.8. The molecule has 0 aromatic heterocycles. The van der Waals surface area contributed by atoms with E-state index in [1.54, 1.807) is 7.11 Å². The highest BCUT2D eigenvalue weighted by atomic mass is 16.5. The Labute approximate surface area is 162 Å². The lowest BCUT2D eigenvalue weighted by molar-refractivity contribution is -0.117. The number of carbonyl (C=O) groups is 1. The molecule has 0 unspecified atom stereocenters. The summed E-state index contributed by atoms with van der Waals surface area (Å²) in [6, 6.07) is 13.8. The molecule has 0 heterocycles. The third-order valence-electron chi connectivity index (χ3n) is 4.25. The smallest absolute Gasteiger partial charge is 0.238 e. The molecule has 0 aliphatic carbocycles. The van der Waals surface area contributed by atoms with Crippen molar-refractivity contribution in [2.75, 3.05) is 32.6 Å². The zero-order valence-corrected chi connectivity index (χ0v) is 16.9. The molecule has 0 radical (unpaired) electrons. The van der Waals surface area contributed by atoms with E-state index >= 15 is 0 Å². The highest BCUT2D eigenvalue weighted by molar-refractivity contribution is 5.93. The molecule has 5 heteroatoms. The molecule has 0 saturated carbocycles. The summed E-state index contributed by atoms with van der Waals surface area (Å²) in [7, 11) is 3.56. The van der Waals surface area contributed by atoms with E-state index in [1.807, 2.05) is 55.3 Å². The lowest BCUT2D eigenvalue weighted by Crippen LogP contribution is -2.30. The Balaban J connectivity index is 1.97. The second kappa shape index (κ2) is 9.97. The Hall–Kier alpha value is -2.53. The number of hydrogen-bond acceptors (Lipinski definition) is 4. The lowest BCUT2D eigenvalue weighted by Gasteiger charge is -2.19. The van der Waals surface area contributed by atoms with Crippen LogP contribution in [0.4, 0.5) is 5.69 Å². The van der Waals surface area contributed by atoms with E-state index < -0.39 is 0 Å². The predicted octanol–water partition coefficient (Wildman–Crippen LogP) is 4.29. The fourth-order valence-electron chi connectivity index (χ4n) is 3.00. The van der Waals surface area contributed by atoms with Gasteiger partial charge in [0.25, 0.3) is 0 Å². The molecule has 2 aromatic rings. The number of carbonyl (C=O) groups excluding carboxylic acids is 1. The molecule has 0 saturated heterocycles. The van der Waals surface area contributed by atoms with Crippen molar-refractivity contribution in [1.82, 2.24) is 4.90 Å². The van der Waals surface area contributed by atoms with Gasteiger partial charge >= 0.3 is 0 Å². The van der Waals surface area contributed by atoms with E-state index in [9.17, 15) is 4.79 Å². The molecular formula is C22H30N2O3. The quantitative estimate of drug-likeness (QED) is 0.715. The Bertz CT molecular complexity index is 759. The monoisotopic (exact) mass is 370 g/mol. The third kappa shape index (κ3) is 6.00. The van der Waals surface area contributed by atoms with Gasteiger partial charge in [-0.05, 0) is 49.2 Å². The Morgan fingerprint density at radius 3 is 2.56 bits per heavy atom. The van der Waals surface area contributed by atoms with Gasteiger partial charge in [0.2, 0.25) is 5.91 Å². The maximum atomic E-state index is 12.5. The number of nitrogens with zero attached hydrogens (tertiary/aromatic N) is 1. The molecule has 2 rings (SSSR count). The maximum absolute atomic E-state index is 12.5. The molecule has 2 aromatic carbocycles. The Morgan fingerprint density at radius 1 is 1.15 bits per heavy atom. The molecule has 0 spiro atoms. The zero-order chi connectivity index (χ0) is 19.8. The summed E-state index contributed by atoms with van der Waals surface area (Å²) in [6.07, 6.45) is 0. The first-order chi connectivity index (χ1) is 12.9. The molecule has 0 fully saturated rings. The average molecular weight is 370 g/mol.